The summed E-state index contributed by atoms with van der Waals surface area (Å²) in [5.41, 5.74) is 4.54. The molecule has 0 aliphatic carbocycles. The van der Waals surface area contributed by atoms with Crippen LogP contribution in [0, 0.1) is 0 Å². The first kappa shape index (κ1) is 15.2. The van der Waals surface area contributed by atoms with E-state index in [9.17, 15) is 4.79 Å². The van der Waals surface area contributed by atoms with Crippen LogP contribution in [0.5, 0.6) is 5.75 Å². The van der Waals surface area contributed by atoms with Gasteiger partial charge in [0.2, 0.25) is 0 Å². The normalized spacial score (nSPS) is 11.1. The van der Waals surface area contributed by atoms with Crippen molar-refractivity contribution >= 4 is 27.5 Å². The fraction of sp³-hybridized carbons (Fsp3) is 0.133. The topological polar surface area (TPSA) is 63.6 Å². The molecule has 1 aromatic carbocycles. The van der Waals surface area contributed by atoms with Gasteiger partial charge in [-0.3, -0.25) is 9.78 Å². The van der Waals surface area contributed by atoms with Crippen molar-refractivity contribution in [2.75, 3.05) is 7.11 Å². The zero-order valence-corrected chi connectivity index (χ0v) is 13.2. The fourth-order valence-electron chi connectivity index (χ4n) is 1.65. The summed E-state index contributed by atoms with van der Waals surface area (Å²) >= 11 is 3.42. The Bertz CT molecular complexity index is 672. The Labute approximate surface area is 131 Å². The van der Waals surface area contributed by atoms with Gasteiger partial charge in [-0.05, 0) is 58.7 Å². The quantitative estimate of drug-likeness (QED) is 0.682. The number of rotatable bonds is 4. The van der Waals surface area contributed by atoms with Crippen LogP contribution in [-0.2, 0) is 0 Å². The Balaban J connectivity index is 2.11. The zero-order chi connectivity index (χ0) is 15.2. The van der Waals surface area contributed by atoms with Crippen molar-refractivity contribution in [3.63, 3.8) is 0 Å². The van der Waals surface area contributed by atoms with Crippen LogP contribution in [0.1, 0.15) is 22.8 Å². The highest BCUT2D eigenvalue weighted by Gasteiger charge is 2.06. The minimum Gasteiger partial charge on any atom is -0.496 e. The molecule has 2 aromatic rings. The molecule has 0 aliphatic rings. The summed E-state index contributed by atoms with van der Waals surface area (Å²) in [4.78, 5) is 15.8. The SMILES string of the molecule is COc1ccc(/C(C)=N\NC(=O)c2cccnc2)cc1Br. The van der Waals surface area contributed by atoms with Crippen LogP contribution >= 0.6 is 15.9 Å². The molecule has 0 saturated heterocycles. The van der Waals surface area contributed by atoms with E-state index in [-0.39, 0.29) is 5.91 Å². The fourth-order valence-corrected chi connectivity index (χ4v) is 2.19. The van der Waals surface area contributed by atoms with E-state index in [0.29, 0.717) is 11.3 Å². The number of hydrogen-bond acceptors (Lipinski definition) is 4. The standard InChI is InChI=1S/C15H14BrN3O2/c1-10(11-5-6-14(21-2)13(16)8-11)18-19-15(20)12-4-3-7-17-9-12/h3-9H,1-2H3,(H,19,20)/b18-10-. The number of carbonyl (C=O) groups is 1. The molecule has 21 heavy (non-hydrogen) atoms. The molecule has 0 fully saturated rings. The highest BCUT2D eigenvalue weighted by molar-refractivity contribution is 9.10. The molecular weight excluding hydrogens is 334 g/mol. The van der Waals surface area contributed by atoms with E-state index in [1.165, 1.54) is 6.20 Å². The molecule has 0 radical (unpaired) electrons. The van der Waals surface area contributed by atoms with Crippen molar-refractivity contribution in [2.45, 2.75) is 6.92 Å². The van der Waals surface area contributed by atoms with Crippen LogP contribution in [0.15, 0.2) is 52.3 Å². The maximum Gasteiger partial charge on any atom is 0.272 e. The van der Waals surface area contributed by atoms with Gasteiger partial charge in [-0.25, -0.2) is 5.43 Å². The van der Waals surface area contributed by atoms with Crippen LogP contribution in [0.25, 0.3) is 0 Å². The molecule has 1 heterocycles. The third-order valence-corrected chi connectivity index (χ3v) is 3.44. The smallest absolute Gasteiger partial charge is 0.272 e. The molecule has 2 rings (SSSR count). The molecule has 0 bridgehead atoms. The Morgan fingerprint density at radius 3 is 2.76 bits per heavy atom. The first-order valence-corrected chi connectivity index (χ1v) is 6.99. The van der Waals surface area contributed by atoms with Gasteiger partial charge in [-0.15, -0.1) is 0 Å². The van der Waals surface area contributed by atoms with Gasteiger partial charge in [0.1, 0.15) is 5.75 Å². The minimum absolute atomic E-state index is 0.296. The average Bonchev–Trinajstić information content (AvgIpc) is 2.53. The number of halogens is 1. The number of benzene rings is 1. The van der Waals surface area contributed by atoms with E-state index >= 15 is 0 Å². The molecule has 0 aliphatic heterocycles. The van der Waals surface area contributed by atoms with Gasteiger partial charge in [0.05, 0.1) is 22.9 Å². The molecule has 0 spiro atoms. The second-order valence-electron chi connectivity index (χ2n) is 4.23. The number of aromatic nitrogens is 1. The lowest BCUT2D eigenvalue weighted by Gasteiger charge is -2.06. The van der Waals surface area contributed by atoms with Crippen LogP contribution in [0.3, 0.4) is 0 Å². The molecule has 0 unspecified atom stereocenters. The van der Waals surface area contributed by atoms with Crippen molar-refractivity contribution in [2.24, 2.45) is 5.10 Å². The number of carbonyl (C=O) groups excluding carboxylic acids is 1. The van der Waals surface area contributed by atoms with Crippen LogP contribution in [-0.4, -0.2) is 23.7 Å². The largest absolute Gasteiger partial charge is 0.496 e. The Kier molecular flexibility index (Phi) is 5.05. The molecule has 108 valence electrons. The molecule has 0 atom stereocenters. The second kappa shape index (κ2) is 6.99. The maximum atomic E-state index is 11.9. The number of hydrogen-bond donors (Lipinski definition) is 1. The summed E-state index contributed by atoms with van der Waals surface area (Å²) in [6.07, 6.45) is 3.10. The van der Waals surface area contributed by atoms with Gasteiger partial charge in [-0.1, -0.05) is 0 Å². The number of ether oxygens (including phenoxy) is 1. The molecule has 6 heteroatoms. The van der Waals surface area contributed by atoms with Crippen LogP contribution in [0.4, 0.5) is 0 Å². The van der Waals surface area contributed by atoms with Gasteiger partial charge in [0, 0.05) is 12.4 Å². The Hall–Kier alpha value is -2.21. The van der Waals surface area contributed by atoms with E-state index in [0.717, 1.165) is 15.8 Å². The summed E-state index contributed by atoms with van der Waals surface area (Å²) < 4.78 is 6.00. The lowest BCUT2D eigenvalue weighted by atomic mass is 10.1. The monoisotopic (exact) mass is 347 g/mol. The number of pyridine rings is 1. The summed E-state index contributed by atoms with van der Waals surface area (Å²) in [5.74, 6) is 0.445. The average molecular weight is 348 g/mol. The number of amides is 1. The predicted molar refractivity (Wildman–Crippen MR) is 84.6 cm³/mol. The van der Waals surface area contributed by atoms with Crippen molar-refractivity contribution in [3.05, 3.63) is 58.3 Å². The lowest BCUT2D eigenvalue weighted by molar-refractivity contribution is 0.0954. The summed E-state index contributed by atoms with van der Waals surface area (Å²) in [6, 6.07) is 8.97. The minimum atomic E-state index is -0.296. The van der Waals surface area contributed by atoms with E-state index in [2.05, 4.69) is 31.4 Å². The number of nitrogens with one attached hydrogen (secondary N) is 1. The Morgan fingerprint density at radius 1 is 1.33 bits per heavy atom. The van der Waals surface area contributed by atoms with Crippen molar-refractivity contribution in [3.8, 4) is 5.75 Å². The van der Waals surface area contributed by atoms with E-state index in [4.69, 9.17) is 4.74 Å². The Morgan fingerprint density at radius 2 is 2.14 bits per heavy atom. The summed E-state index contributed by atoms with van der Waals surface area (Å²) in [7, 11) is 1.61. The van der Waals surface area contributed by atoms with Crippen molar-refractivity contribution < 1.29 is 9.53 Å². The molecule has 1 amide bonds. The zero-order valence-electron chi connectivity index (χ0n) is 11.6. The molecule has 0 saturated carbocycles. The first-order chi connectivity index (χ1) is 10.1. The maximum absolute atomic E-state index is 11.9. The number of methoxy groups -OCH3 is 1. The first-order valence-electron chi connectivity index (χ1n) is 6.20. The van der Waals surface area contributed by atoms with E-state index < -0.39 is 0 Å². The predicted octanol–water partition coefficient (Wildman–Crippen LogP) is 3.01. The van der Waals surface area contributed by atoms with Crippen molar-refractivity contribution in [1.82, 2.24) is 10.4 Å². The molecular formula is C15H14BrN3O2. The van der Waals surface area contributed by atoms with Gasteiger partial charge >= 0.3 is 0 Å². The second-order valence-corrected chi connectivity index (χ2v) is 5.08. The summed E-state index contributed by atoms with van der Waals surface area (Å²) in [5, 5.41) is 4.09. The molecule has 1 N–H and O–H groups in total. The van der Waals surface area contributed by atoms with Gasteiger partial charge in [0.15, 0.2) is 0 Å². The van der Waals surface area contributed by atoms with E-state index in [1.807, 2.05) is 25.1 Å². The highest BCUT2D eigenvalue weighted by atomic mass is 79.9. The molecule has 1 aromatic heterocycles. The van der Waals surface area contributed by atoms with Crippen LogP contribution < -0.4 is 10.2 Å². The third-order valence-electron chi connectivity index (χ3n) is 2.82. The van der Waals surface area contributed by atoms with Gasteiger partial charge in [0.25, 0.3) is 5.91 Å². The number of hydrazone groups is 1. The van der Waals surface area contributed by atoms with E-state index in [1.54, 1.807) is 25.4 Å². The van der Waals surface area contributed by atoms with Gasteiger partial charge in [-0.2, -0.15) is 5.10 Å². The highest BCUT2D eigenvalue weighted by Crippen LogP contribution is 2.25. The van der Waals surface area contributed by atoms with Crippen LogP contribution in [0.2, 0.25) is 0 Å². The van der Waals surface area contributed by atoms with Crippen molar-refractivity contribution in [1.29, 1.82) is 0 Å². The lowest BCUT2D eigenvalue weighted by Crippen LogP contribution is -2.19. The summed E-state index contributed by atoms with van der Waals surface area (Å²) in [6.45, 7) is 1.82. The van der Waals surface area contributed by atoms with Gasteiger partial charge < -0.3 is 4.74 Å². The number of nitrogens with zero attached hydrogens (tertiary/aromatic N) is 2. The molecule has 5 nitrogen and oxygen atoms in total. The third kappa shape index (κ3) is 3.88.